The Bertz CT molecular complexity index is 799. The number of phenols is 1. The molecule has 0 aromatic heterocycles. The van der Waals surface area contributed by atoms with Crippen molar-refractivity contribution in [1.82, 2.24) is 10.4 Å². The van der Waals surface area contributed by atoms with Crippen molar-refractivity contribution in [3.63, 3.8) is 0 Å². The fourth-order valence-electron chi connectivity index (χ4n) is 2.74. The smallest absolute Gasteiger partial charge is 0.279 e. The Morgan fingerprint density at radius 1 is 1.17 bits per heavy atom. The van der Waals surface area contributed by atoms with Crippen molar-refractivity contribution in [1.29, 1.82) is 0 Å². The number of hydrazine groups is 1. The number of benzene rings is 2. The van der Waals surface area contributed by atoms with Gasteiger partial charge < -0.3 is 10.2 Å². The first-order chi connectivity index (χ1) is 11.5. The lowest BCUT2D eigenvalue weighted by molar-refractivity contribution is -0.0605. The molecule has 0 spiro atoms. The average molecular weight is 324 g/mol. The number of carbonyl (C=O) groups is 1. The number of aliphatic hydroxyl groups is 1. The van der Waals surface area contributed by atoms with E-state index in [1.807, 2.05) is 26.0 Å². The number of nitrogens with one attached hydrogen (secondary N) is 1. The molecule has 0 fully saturated rings. The zero-order valence-electron chi connectivity index (χ0n) is 13.7. The van der Waals surface area contributed by atoms with Crippen LogP contribution in [-0.2, 0) is 5.72 Å². The number of aromatic hydroxyl groups is 1. The molecule has 2 aromatic carbocycles. The van der Waals surface area contributed by atoms with Gasteiger partial charge >= 0.3 is 0 Å². The highest BCUT2D eigenvalue weighted by molar-refractivity contribution is 5.97. The van der Waals surface area contributed by atoms with Crippen molar-refractivity contribution < 1.29 is 15.0 Å². The molecule has 0 aliphatic carbocycles. The Hall–Kier alpha value is -2.79. The number of hydrogen-bond donors (Lipinski definition) is 3. The zero-order chi connectivity index (χ0) is 17.3. The molecule has 5 heteroatoms. The monoisotopic (exact) mass is 324 g/mol. The third-order valence-electron chi connectivity index (χ3n) is 4.17. The highest BCUT2D eigenvalue weighted by Crippen LogP contribution is 2.35. The summed E-state index contributed by atoms with van der Waals surface area (Å²) >= 11 is 0. The largest absolute Gasteiger partial charge is 0.507 e. The van der Waals surface area contributed by atoms with Gasteiger partial charge in [0.15, 0.2) is 0 Å². The molecular weight excluding hydrogens is 304 g/mol. The number of allylic oxidation sites excluding steroid dienone is 1. The van der Waals surface area contributed by atoms with Crippen LogP contribution in [0.3, 0.4) is 0 Å². The molecular formula is C19H20N2O3. The SMILES string of the molecule is CCC1=C[C@](O)(c2ccc(C)cc2)N(C(=O)c2ccccc2O)N1. The standard InChI is InChI=1S/C19H20N2O3/c1-3-15-12-19(24,14-10-8-13(2)9-11-14)21(20-15)18(23)16-6-4-5-7-17(16)22/h4-12,20,22,24H,3H2,1-2H3/t19-/m0/s1. The molecule has 1 atom stereocenters. The first-order valence-electron chi connectivity index (χ1n) is 7.86. The van der Waals surface area contributed by atoms with Crippen LogP contribution in [0.5, 0.6) is 5.75 Å². The topological polar surface area (TPSA) is 72.8 Å². The summed E-state index contributed by atoms with van der Waals surface area (Å²) in [5, 5.41) is 22.3. The van der Waals surface area contributed by atoms with Crippen molar-refractivity contribution in [3.05, 3.63) is 77.0 Å². The number of aryl methyl sites for hydroxylation is 1. The number of nitrogens with zero attached hydrogens (tertiary/aromatic N) is 1. The van der Waals surface area contributed by atoms with E-state index >= 15 is 0 Å². The molecule has 0 unspecified atom stereocenters. The van der Waals surface area contributed by atoms with Crippen molar-refractivity contribution in [2.75, 3.05) is 0 Å². The van der Waals surface area contributed by atoms with Gasteiger partial charge in [0.2, 0.25) is 5.72 Å². The number of para-hydroxylation sites is 1. The van der Waals surface area contributed by atoms with Gasteiger partial charge in [-0.3, -0.25) is 10.2 Å². The molecule has 1 heterocycles. The Morgan fingerprint density at radius 2 is 1.83 bits per heavy atom. The average Bonchev–Trinajstić information content (AvgIpc) is 2.93. The third-order valence-corrected chi connectivity index (χ3v) is 4.17. The van der Waals surface area contributed by atoms with E-state index in [4.69, 9.17) is 0 Å². The summed E-state index contributed by atoms with van der Waals surface area (Å²) in [7, 11) is 0. The van der Waals surface area contributed by atoms with Crippen molar-refractivity contribution >= 4 is 5.91 Å². The second-order valence-corrected chi connectivity index (χ2v) is 5.88. The maximum absolute atomic E-state index is 12.9. The maximum atomic E-state index is 12.9. The van der Waals surface area contributed by atoms with Crippen LogP contribution in [0.2, 0.25) is 0 Å². The number of phenolic OH excluding ortho intramolecular Hbond substituents is 1. The molecule has 1 aliphatic heterocycles. The van der Waals surface area contributed by atoms with Crippen LogP contribution in [-0.4, -0.2) is 21.1 Å². The summed E-state index contributed by atoms with van der Waals surface area (Å²) in [6.07, 6.45) is 2.27. The van der Waals surface area contributed by atoms with Crippen LogP contribution in [0.15, 0.2) is 60.3 Å². The molecule has 5 nitrogen and oxygen atoms in total. The van der Waals surface area contributed by atoms with Crippen molar-refractivity contribution in [2.24, 2.45) is 0 Å². The van der Waals surface area contributed by atoms with Gasteiger partial charge in [-0.15, -0.1) is 0 Å². The van der Waals surface area contributed by atoms with E-state index < -0.39 is 11.6 Å². The molecule has 0 radical (unpaired) electrons. The van der Waals surface area contributed by atoms with Gasteiger partial charge in [0, 0.05) is 11.3 Å². The van der Waals surface area contributed by atoms with Gasteiger partial charge in [-0.2, -0.15) is 0 Å². The van der Waals surface area contributed by atoms with E-state index in [-0.39, 0.29) is 11.3 Å². The van der Waals surface area contributed by atoms with Crippen molar-refractivity contribution in [3.8, 4) is 5.75 Å². The van der Waals surface area contributed by atoms with Crippen molar-refractivity contribution in [2.45, 2.75) is 26.0 Å². The number of amides is 1. The van der Waals surface area contributed by atoms with Crippen LogP contribution in [0.25, 0.3) is 0 Å². The van der Waals surface area contributed by atoms with Gasteiger partial charge in [-0.25, -0.2) is 5.01 Å². The lowest BCUT2D eigenvalue weighted by Crippen LogP contribution is -2.50. The fraction of sp³-hybridized carbons (Fsp3) is 0.211. The van der Waals surface area contributed by atoms with Crippen LogP contribution in [0.4, 0.5) is 0 Å². The number of rotatable bonds is 3. The predicted octanol–water partition coefficient (Wildman–Crippen LogP) is 2.80. The third kappa shape index (κ3) is 2.63. The van der Waals surface area contributed by atoms with Gasteiger partial charge in [0.25, 0.3) is 5.91 Å². The van der Waals surface area contributed by atoms with Crippen LogP contribution >= 0.6 is 0 Å². The van der Waals surface area contributed by atoms with Gasteiger partial charge in [0.1, 0.15) is 5.75 Å². The lowest BCUT2D eigenvalue weighted by atomic mass is 9.99. The van der Waals surface area contributed by atoms with E-state index in [1.165, 1.54) is 12.1 Å². The molecule has 1 aliphatic rings. The predicted molar refractivity (Wildman–Crippen MR) is 90.9 cm³/mol. The Kier molecular flexibility index (Phi) is 4.03. The Morgan fingerprint density at radius 3 is 2.46 bits per heavy atom. The molecule has 24 heavy (non-hydrogen) atoms. The summed E-state index contributed by atoms with van der Waals surface area (Å²) in [4.78, 5) is 12.9. The summed E-state index contributed by atoms with van der Waals surface area (Å²) in [5.74, 6) is -0.628. The first-order valence-corrected chi connectivity index (χ1v) is 7.86. The zero-order valence-corrected chi connectivity index (χ0v) is 13.7. The van der Waals surface area contributed by atoms with Crippen LogP contribution in [0, 0.1) is 6.92 Å². The summed E-state index contributed by atoms with van der Waals surface area (Å²) in [5.41, 5.74) is 3.84. The lowest BCUT2D eigenvalue weighted by Gasteiger charge is -2.33. The van der Waals surface area contributed by atoms with E-state index in [9.17, 15) is 15.0 Å². The summed E-state index contributed by atoms with van der Waals surface area (Å²) in [6.45, 7) is 3.89. The molecule has 2 aromatic rings. The van der Waals surface area contributed by atoms with Crippen LogP contribution < -0.4 is 5.43 Å². The van der Waals surface area contributed by atoms with E-state index in [1.54, 1.807) is 30.3 Å². The highest BCUT2D eigenvalue weighted by Gasteiger charge is 2.43. The van der Waals surface area contributed by atoms with Gasteiger partial charge in [-0.05, 0) is 31.6 Å². The quantitative estimate of drug-likeness (QED) is 0.812. The molecule has 1 amide bonds. The van der Waals surface area contributed by atoms with E-state index in [2.05, 4.69) is 5.43 Å². The maximum Gasteiger partial charge on any atom is 0.279 e. The van der Waals surface area contributed by atoms with Crippen LogP contribution in [0.1, 0.15) is 34.8 Å². The molecule has 3 N–H and O–H groups in total. The van der Waals surface area contributed by atoms with Gasteiger partial charge in [0.05, 0.1) is 5.56 Å². The highest BCUT2D eigenvalue weighted by atomic mass is 16.3. The second kappa shape index (κ2) is 6.02. The van der Waals surface area contributed by atoms with Gasteiger partial charge in [-0.1, -0.05) is 48.9 Å². The Labute approximate surface area is 140 Å². The van der Waals surface area contributed by atoms with E-state index in [0.29, 0.717) is 12.0 Å². The summed E-state index contributed by atoms with van der Waals surface area (Å²) in [6, 6.07) is 13.6. The minimum Gasteiger partial charge on any atom is -0.507 e. The molecule has 0 saturated heterocycles. The minimum absolute atomic E-state index is 0.125. The Balaban J connectivity index is 2.05. The second-order valence-electron chi connectivity index (χ2n) is 5.88. The van der Waals surface area contributed by atoms with E-state index in [0.717, 1.165) is 16.3 Å². The first kappa shape index (κ1) is 16.1. The number of hydrogen-bond acceptors (Lipinski definition) is 4. The normalized spacial score (nSPS) is 19.8. The molecule has 0 bridgehead atoms. The molecule has 0 saturated carbocycles. The summed E-state index contributed by atoms with van der Waals surface area (Å²) < 4.78 is 0. The molecule has 3 rings (SSSR count). The fourth-order valence-corrected chi connectivity index (χ4v) is 2.74. The minimum atomic E-state index is -1.61. The molecule has 124 valence electrons. The number of carbonyl (C=O) groups excluding carboxylic acids is 1.